The molecule has 0 radical (unpaired) electrons. The SMILES string of the molecule is CCNC(=O)NC(C)C(=O)N1CCCCC1. The molecule has 5 nitrogen and oxygen atoms in total. The van der Waals surface area contributed by atoms with Crippen LogP contribution >= 0.6 is 0 Å². The van der Waals surface area contributed by atoms with Gasteiger partial charge < -0.3 is 15.5 Å². The van der Waals surface area contributed by atoms with Crippen LogP contribution in [0.2, 0.25) is 0 Å². The summed E-state index contributed by atoms with van der Waals surface area (Å²) in [5.41, 5.74) is 0. The predicted molar refractivity (Wildman–Crippen MR) is 62.1 cm³/mol. The Balaban J connectivity index is 2.37. The van der Waals surface area contributed by atoms with Gasteiger partial charge >= 0.3 is 6.03 Å². The van der Waals surface area contributed by atoms with E-state index < -0.39 is 6.04 Å². The lowest BCUT2D eigenvalue weighted by atomic mass is 10.1. The Morgan fingerprint density at radius 2 is 1.88 bits per heavy atom. The monoisotopic (exact) mass is 227 g/mol. The molecule has 0 aromatic rings. The number of rotatable bonds is 3. The van der Waals surface area contributed by atoms with E-state index in [1.54, 1.807) is 6.92 Å². The molecule has 1 heterocycles. The third-order valence-corrected chi connectivity index (χ3v) is 2.72. The Labute approximate surface area is 96.6 Å². The Bertz CT molecular complexity index is 250. The molecule has 1 fully saturated rings. The molecule has 0 saturated carbocycles. The molecule has 92 valence electrons. The number of piperidine rings is 1. The lowest BCUT2D eigenvalue weighted by Crippen LogP contribution is -2.50. The van der Waals surface area contributed by atoms with Gasteiger partial charge in [0.15, 0.2) is 0 Å². The van der Waals surface area contributed by atoms with Gasteiger partial charge in [0.1, 0.15) is 6.04 Å². The second-order valence-corrected chi connectivity index (χ2v) is 4.11. The van der Waals surface area contributed by atoms with Crippen LogP contribution in [0, 0.1) is 0 Å². The van der Waals surface area contributed by atoms with Crippen molar-refractivity contribution in [1.29, 1.82) is 0 Å². The van der Waals surface area contributed by atoms with Crippen molar-refractivity contribution in [3.63, 3.8) is 0 Å². The van der Waals surface area contributed by atoms with Gasteiger partial charge in [0.25, 0.3) is 0 Å². The van der Waals surface area contributed by atoms with Gasteiger partial charge in [-0.15, -0.1) is 0 Å². The van der Waals surface area contributed by atoms with Gasteiger partial charge in [-0.05, 0) is 33.1 Å². The maximum absolute atomic E-state index is 11.9. The fourth-order valence-electron chi connectivity index (χ4n) is 1.86. The molecule has 3 amide bonds. The largest absolute Gasteiger partial charge is 0.341 e. The van der Waals surface area contributed by atoms with E-state index >= 15 is 0 Å². The molecule has 1 aliphatic heterocycles. The summed E-state index contributed by atoms with van der Waals surface area (Å²) >= 11 is 0. The van der Waals surface area contributed by atoms with Crippen molar-refractivity contribution < 1.29 is 9.59 Å². The molecule has 16 heavy (non-hydrogen) atoms. The molecule has 0 bridgehead atoms. The van der Waals surface area contributed by atoms with E-state index in [2.05, 4.69) is 10.6 Å². The zero-order chi connectivity index (χ0) is 12.0. The van der Waals surface area contributed by atoms with E-state index in [9.17, 15) is 9.59 Å². The topological polar surface area (TPSA) is 61.4 Å². The van der Waals surface area contributed by atoms with Gasteiger partial charge in [0, 0.05) is 19.6 Å². The normalized spacial score (nSPS) is 17.8. The van der Waals surface area contributed by atoms with Gasteiger partial charge in [-0.25, -0.2) is 4.79 Å². The molecule has 1 saturated heterocycles. The molecule has 0 spiro atoms. The first kappa shape index (κ1) is 12.8. The number of hydrogen-bond donors (Lipinski definition) is 2. The van der Waals surface area contributed by atoms with Crippen LogP contribution in [-0.2, 0) is 4.79 Å². The fourth-order valence-corrected chi connectivity index (χ4v) is 1.86. The minimum absolute atomic E-state index is 0.0194. The number of carbonyl (C=O) groups excluding carboxylic acids is 2. The number of nitrogens with zero attached hydrogens (tertiary/aromatic N) is 1. The van der Waals surface area contributed by atoms with Crippen LogP contribution in [-0.4, -0.2) is 42.5 Å². The molecule has 0 aromatic heterocycles. The van der Waals surface area contributed by atoms with E-state index in [1.807, 2.05) is 11.8 Å². The van der Waals surface area contributed by atoms with Crippen molar-refractivity contribution in [3.05, 3.63) is 0 Å². The van der Waals surface area contributed by atoms with Crippen molar-refractivity contribution in [2.45, 2.75) is 39.2 Å². The Hall–Kier alpha value is -1.26. The quantitative estimate of drug-likeness (QED) is 0.746. The molecular formula is C11H21N3O2. The van der Waals surface area contributed by atoms with Crippen LogP contribution in [0.5, 0.6) is 0 Å². The van der Waals surface area contributed by atoms with E-state index in [4.69, 9.17) is 0 Å². The van der Waals surface area contributed by atoms with E-state index in [0.29, 0.717) is 6.54 Å². The van der Waals surface area contributed by atoms with Gasteiger partial charge in [0.2, 0.25) is 5.91 Å². The van der Waals surface area contributed by atoms with Crippen LogP contribution in [0.1, 0.15) is 33.1 Å². The third-order valence-electron chi connectivity index (χ3n) is 2.72. The summed E-state index contributed by atoms with van der Waals surface area (Å²) in [5.74, 6) is 0.0194. The first-order chi connectivity index (χ1) is 7.65. The van der Waals surface area contributed by atoms with E-state index in [0.717, 1.165) is 25.9 Å². The highest BCUT2D eigenvalue weighted by Gasteiger charge is 2.22. The summed E-state index contributed by atoms with van der Waals surface area (Å²) in [7, 11) is 0. The van der Waals surface area contributed by atoms with Crippen molar-refractivity contribution >= 4 is 11.9 Å². The smallest absolute Gasteiger partial charge is 0.315 e. The number of amides is 3. The fraction of sp³-hybridized carbons (Fsp3) is 0.818. The van der Waals surface area contributed by atoms with Crippen LogP contribution in [0.4, 0.5) is 4.79 Å². The number of carbonyl (C=O) groups is 2. The Morgan fingerprint density at radius 3 is 2.44 bits per heavy atom. The highest BCUT2D eigenvalue weighted by atomic mass is 16.2. The van der Waals surface area contributed by atoms with Crippen LogP contribution in [0.3, 0.4) is 0 Å². The summed E-state index contributed by atoms with van der Waals surface area (Å²) in [4.78, 5) is 25.0. The molecule has 1 aliphatic rings. The number of likely N-dealkylation sites (tertiary alicyclic amines) is 1. The van der Waals surface area contributed by atoms with Crippen molar-refractivity contribution in [2.75, 3.05) is 19.6 Å². The average molecular weight is 227 g/mol. The highest BCUT2D eigenvalue weighted by Crippen LogP contribution is 2.09. The standard InChI is InChI=1S/C11H21N3O2/c1-3-12-11(16)13-9(2)10(15)14-7-5-4-6-8-14/h9H,3-8H2,1-2H3,(H2,12,13,16). The molecule has 5 heteroatoms. The maximum atomic E-state index is 11.9. The second kappa shape index (κ2) is 6.35. The molecule has 1 atom stereocenters. The van der Waals surface area contributed by atoms with Crippen LogP contribution in [0.15, 0.2) is 0 Å². The average Bonchev–Trinajstić information content (AvgIpc) is 2.29. The molecule has 1 rings (SSSR count). The molecule has 2 N–H and O–H groups in total. The summed E-state index contributed by atoms with van der Waals surface area (Å²) in [6, 6.07) is -0.718. The van der Waals surface area contributed by atoms with Gasteiger partial charge in [-0.3, -0.25) is 4.79 Å². The maximum Gasteiger partial charge on any atom is 0.315 e. The number of hydrogen-bond acceptors (Lipinski definition) is 2. The summed E-state index contributed by atoms with van der Waals surface area (Å²) in [6.07, 6.45) is 3.33. The minimum Gasteiger partial charge on any atom is -0.341 e. The highest BCUT2D eigenvalue weighted by molar-refractivity contribution is 5.86. The van der Waals surface area contributed by atoms with E-state index in [-0.39, 0.29) is 11.9 Å². The third kappa shape index (κ3) is 3.72. The van der Waals surface area contributed by atoms with E-state index in [1.165, 1.54) is 6.42 Å². The summed E-state index contributed by atoms with van der Waals surface area (Å²) < 4.78 is 0. The molecule has 0 aliphatic carbocycles. The first-order valence-corrected chi connectivity index (χ1v) is 5.98. The molecule has 0 aromatic carbocycles. The Morgan fingerprint density at radius 1 is 1.25 bits per heavy atom. The zero-order valence-corrected chi connectivity index (χ0v) is 10.1. The predicted octanol–water partition coefficient (Wildman–Crippen LogP) is 0.706. The first-order valence-electron chi connectivity index (χ1n) is 5.98. The van der Waals surface area contributed by atoms with Crippen molar-refractivity contribution in [3.8, 4) is 0 Å². The second-order valence-electron chi connectivity index (χ2n) is 4.11. The molecule has 1 unspecified atom stereocenters. The van der Waals surface area contributed by atoms with Gasteiger partial charge in [-0.2, -0.15) is 0 Å². The van der Waals surface area contributed by atoms with Crippen molar-refractivity contribution in [1.82, 2.24) is 15.5 Å². The van der Waals surface area contributed by atoms with Gasteiger partial charge in [0.05, 0.1) is 0 Å². The zero-order valence-electron chi connectivity index (χ0n) is 10.1. The summed E-state index contributed by atoms with van der Waals surface area (Å²) in [5, 5.41) is 5.25. The Kier molecular flexibility index (Phi) is 5.08. The van der Waals surface area contributed by atoms with Gasteiger partial charge in [-0.1, -0.05) is 0 Å². The van der Waals surface area contributed by atoms with Crippen molar-refractivity contribution in [2.24, 2.45) is 0 Å². The molecular weight excluding hydrogens is 206 g/mol. The van der Waals surface area contributed by atoms with Crippen LogP contribution < -0.4 is 10.6 Å². The number of urea groups is 1. The lowest BCUT2D eigenvalue weighted by molar-refractivity contribution is -0.133. The minimum atomic E-state index is -0.440. The summed E-state index contributed by atoms with van der Waals surface area (Å²) in [6.45, 7) is 5.78. The number of nitrogens with one attached hydrogen (secondary N) is 2. The van der Waals surface area contributed by atoms with Crippen LogP contribution in [0.25, 0.3) is 0 Å². The lowest BCUT2D eigenvalue weighted by Gasteiger charge is -2.29.